The number of rotatable bonds is 5. The lowest BCUT2D eigenvalue weighted by molar-refractivity contribution is -0.117. The summed E-state index contributed by atoms with van der Waals surface area (Å²) in [5, 5.41) is 8.05. The summed E-state index contributed by atoms with van der Waals surface area (Å²) in [6, 6.07) is 8.76. The van der Waals surface area contributed by atoms with E-state index in [0.717, 1.165) is 5.69 Å². The lowest BCUT2D eigenvalue weighted by Crippen LogP contribution is -2.34. The van der Waals surface area contributed by atoms with Crippen molar-refractivity contribution in [3.05, 3.63) is 47.4 Å². The summed E-state index contributed by atoms with van der Waals surface area (Å²) >= 11 is 6.05. The molecule has 1 amide bonds. The van der Waals surface area contributed by atoms with E-state index in [-0.39, 0.29) is 11.9 Å². The highest BCUT2D eigenvalue weighted by Gasteiger charge is 2.33. The highest BCUT2D eigenvalue weighted by atomic mass is 35.5. The number of nitrogens with one attached hydrogen (secondary N) is 1. The molecule has 0 bridgehead atoms. The van der Waals surface area contributed by atoms with Gasteiger partial charge in [-0.3, -0.25) is 4.79 Å². The Labute approximate surface area is 154 Å². The summed E-state index contributed by atoms with van der Waals surface area (Å²) in [5.74, 6) is 1.11. The van der Waals surface area contributed by atoms with Crippen LogP contribution in [-0.4, -0.2) is 45.2 Å². The number of methoxy groups -OCH3 is 1. The number of aromatic nitrogens is 4. The SMILES string of the molecule is COCc1cc(NC2CCN(c3cccc(Cl)c3)C2=O)n2ncnc2n1. The third-order valence-electron chi connectivity index (χ3n) is 4.24. The zero-order valence-electron chi connectivity index (χ0n) is 14.1. The highest BCUT2D eigenvalue weighted by Crippen LogP contribution is 2.26. The zero-order chi connectivity index (χ0) is 18.1. The second kappa shape index (κ2) is 6.89. The monoisotopic (exact) mass is 372 g/mol. The maximum atomic E-state index is 12.8. The number of fused-ring (bicyclic) bond motifs is 1. The molecule has 0 radical (unpaired) electrons. The Morgan fingerprint density at radius 1 is 1.38 bits per heavy atom. The number of carbonyl (C=O) groups excluding carboxylic acids is 1. The first-order valence-electron chi connectivity index (χ1n) is 8.18. The molecular formula is C17H17ClN6O2. The molecule has 1 atom stereocenters. The van der Waals surface area contributed by atoms with Crippen molar-refractivity contribution in [1.29, 1.82) is 0 Å². The van der Waals surface area contributed by atoms with Gasteiger partial charge in [0.05, 0.1) is 12.3 Å². The average Bonchev–Trinajstić information content (AvgIpc) is 3.23. The van der Waals surface area contributed by atoms with Gasteiger partial charge in [0.15, 0.2) is 0 Å². The van der Waals surface area contributed by atoms with Crippen molar-refractivity contribution < 1.29 is 9.53 Å². The van der Waals surface area contributed by atoms with Crippen molar-refractivity contribution in [3.8, 4) is 0 Å². The lowest BCUT2D eigenvalue weighted by Gasteiger charge is -2.18. The third kappa shape index (κ3) is 3.09. The number of amides is 1. The Kier molecular flexibility index (Phi) is 4.44. The molecule has 2 aromatic heterocycles. The number of benzene rings is 1. The predicted molar refractivity (Wildman–Crippen MR) is 97.3 cm³/mol. The first kappa shape index (κ1) is 16.7. The Bertz CT molecular complexity index is 959. The van der Waals surface area contributed by atoms with E-state index >= 15 is 0 Å². The van der Waals surface area contributed by atoms with Crippen LogP contribution in [0.2, 0.25) is 5.02 Å². The molecule has 1 fully saturated rings. The van der Waals surface area contributed by atoms with Crippen molar-refractivity contribution in [3.63, 3.8) is 0 Å². The summed E-state index contributed by atoms with van der Waals surface area (Å²) in [6.45, 7) is 0.971. The largest absolute Gasteiger partial charge is 0.378 e. The van der Waals surface area contributed by atoms with Gasteiger partial charge in [-0.15, -0.1) is 0 Å². The number of halogens is 1. The summed E-state index contributed by atoms with van der Waals surface area (Å²) in [6.07, 6.45) is 2.10. The van der Waals surface area contributed by atoms with Crippen LogP contribution in [0.3, 0.4) is 0 Å². The van der Waals surface area contributed by atoms with E-state index in [0.29, 0.717) is 41.9 Å². The second-order valence-corrected chi connectivity index (χ2v) is 6.43. The number of hydrogen-bond donors (Lipinski definition) is 1. The number of anilines is 2. The molecule has 1 N–H and O–H groups in total. The predicted octanol–water partition coefficient (Wildman–Crippen LogP) is 2.14. The fourth-order valence-corrected chi connectivity index (χ4v) is 3.26. The van der Waals surface area contributed by atoms with E-state index in [4.69, 9.17) is 16.3 Å². The Hall–Kier alpha value is -2.71. The molecule has 0 spiro atoms. The van der Waals surface area contributed by atoms with Gasteiger partial charge < -0.3 is 15.0 Å². The van der Waals surface area contributed by atoms with Crippen LogP contribution >= 0.6 is 11.6 Å². The molecule has 9 heteroatoms. The molecule has 0 aliphatic carbocycles. The Morgan fingerprint density at radius 2 is 2.27 bits per heavy atom. The molecule has 134 valence electrons. The van der Waals surface area contributed by atoms with Gasteiger partial charge in [0.25, 0.3) is 5.78 Å². The van der Waals surface area contributed by atoms with Crippen molar-refractivity contribution in [2.45, 2.75) is 19.1 Å². The van der Waals surface area contributed by atoms with Gasteiger partial charge in [0.2, 0.25) is 5.91 Å². The van der Waals surface area contributed by atoms with Gasteiger partial charge in [0.1, 0.15) is 18.2 Å². The van der Waals surface area contributed by atoms with Gasteiger partial charge in [-0.1, -0.05) is 17.7 Å². The van der Waals surface area contributed by atoms with Crippen molar-refractivity contribution >= 4 is 34.8 Å². The molecule has 1 saturated heterocycles. The topological polar surface area (TPSA) is 84.7 Å². The minimum Gasteiger partial charge on any atom is -0.378 e. The molecule has 26 heavy (non-hydrogen) atoms. The van der Waals surface area contributed by atoms with E-state index in [2.05, 4.69) is 20.4 Å². The maximum absolute atomic E-state index is 12.8. The smallest absolute Gasteiger partial charge is 0.254 e. The molecule has 0 saturated carbocycles. The quantitative estimate of drug-likeness (QED) is 0.738. The van der Waals surface area contributed by atoms with Crippen LogP contribution in [0, 0.1) is 0 Å². The number of hydrogen-bond acceptors (Lipinski definition) is 6. The summed E-state index contributed by atoms with van der Waals surface area (Å²) in [5.41, 5.74) is 1.51. The van der Waals surface area contributed by atoms with Crippen molar-refractivity contribution in [1.82, 2.24) is 19.6 Å². The summed E-state index contributed by atoms with van der Waals surface area (Å²) in [7, 11) is 1.60. The standard InChI is InChI=1S/C17H17ClN6O2/c1-26-9-12-8-15(24-17(21-12)19-10-20-24)22-14-5-6-23(16(14)25)13-4-2-3-11(18)7-13/h2-4,7-8,10,14,22H,5-6,9H2,1H3. The van der Waals surface area contributed by atoms with Gasteiger partial charge in [-0.2, -0.15) is 14.6 Å². The van der Waals surface area contributed by atoms with Crippen LogP contribution in [0.25, 0.3) is 5.78 Å². The van der Waals surface area contributed by atoms with Crippen molar-refractivity contribution in [2.75, 3.05) is 23.9 Å². The number of nitrogens with zero attached hydrogens (tertiary/aromatic N) is 5. The van der Waals surface area contributed by atoms with E-state index < -0.39 is 0 Å². The first-order chi connectivity index (χ1) is 12.7. The molecule has 3 heterocycles. The number of ether oxygens (including phenoxy) is 1. The minimum atomic E-state index is -0.362. The minimum absolute atomic E-state index is 0.00867. The van der Waals surface area contributed by atoms with Gasteiger partial charge in [-0.05, 0) is 24.6 Å². The number of carbonyl (C=O) groups is 1. The van der Waals surface area contributed by atoms with Crippen LogP contribution in [0.4, 0.5) is 11.5 Å². The van der Waals surface area contributed by atoms with Gasteiger partial charge >= 0.3 is 0 Å². The van der Waals surface area contributed by atoms with E-state index in [1.165, 1.54) is 6.33 Å². The molecular weight excluding hydrogens is 356 g/mol. The average molecular weight is 373 g/mol. The molecule has 3 aromatic rings. The van der Waals surface area contributed by atoms with Crippen LogP contribution in [-0.2, 0) is 16.1 Å². The maximum Gasteiger partial charge on any atom is 0.254 e. The molecule has 4 rings (SSSR count). The molecule has 8 nitrogen and oxygen atoms in total. The second-order valence-electron chi connectivity index (χ2n) is 5.99. The van der Waals surface area contributed by atoms with E-state index in [1.807, 2.05) is 18.2 Å². The van der Waals surface area contributed by atoms with Crippen LogP contribution in [0.15, 0.2) is 36.7 Å². The molecule has 1 unspecified atom stereocenters. The van der Waals surface area contributed by atoms with Crippen LogP contribution in [0.1, 0.15) is 12.1 Å². The molecule has 1 aliphatic rings. The molecule has 1 aliphatic heterocycles. The zero-order valence-corrected chi connectivity index (χ0v) is 14.8. The lowest BCUT2D eigenvalue weighted by atomic mass is 10.2. The normalized spacial score (nSPS) is 17.2. The fraction of sp³-hybridized carbons (Fsp3) is 0.294. The van der Waals surface area contributed by atoms with Gasteiger partial charge in [0, 0.05) is 30.4 Å². The summed E-state index contributed by atoms with van der Waals surface area (Å²) in [4.78, 5) is 23.1. The van der Waals surface area contributed by atoms with E-state index in [9.17, 15) is 4.79 Å². The fourth-order valence-electron chi connectivity index (χ4n) is 3.08. The summed E-state index contributed by atoms with van der Waals surface area (Å²) < 4.78 is 6.73. The first-order valence-corrected chi connectivity index (χ1v) is 8.55. The highest BCUT2D eigenvalue weighted by molar-refractivity contribution is 6.31. The Balaban J connectivity index is 1.59. The van der Waals surface area contributed by atoms with Crippen LogP contribution in [0.5, 0.6) is 0 Å². The van der Waals surface area contributed by atoms with Crippen LogP contribution < -0.4 is 10.2 Å². The van der Waals surface area contributed by atoms with Gasteiger partial charge in [-0.25, -0.2) is 4.98 Å². The Morgan fingerprint density at radius 3 is 3.08 bits per heavy atom. The van der Waals surface area contributed by atoms with E-state index in [1.54, 1.807) is 28.7 Å². The third-order valence-corrected chi connectivity index (χ3v) is 4.48. The van der Waals surface area contributed by atoms with Crippen molar-refractivity contribution in [2.24, 2.45) is 0 Å². The molecule has 1 aromatic carbocycles.